The maximum Gasteiger partial charge on any atom is 0.274 e. The number of piperidine rings is 1. The average molecular weight is 342 g/mol. The van der Waals surface area contributed by atoms with Crippen LogP contribution >= 0.6 is 0 Å². The molecule has 3 atom stereocenters. The van der Waals surface area contributed by atoms with Crippen LogP contribution in [0.1, 0.15) is 34.3 Å². The number of hydrogen-bond donors (Lipinski definition) is 1. The lowest BCUT2D eigenvalue weighted by Crippen LogP contribution is -2.45. The third-order valence-electron chi connectivity index (χ3n) is 5.11. The van der Waals surface area contributed by atoms with Crippen LogP contribution in [0.3, 0.4) is 0 Å². The Labute approximate surface area is 146 Å². The number of aryl methyl sites for hydroxylation is 2. The van der Waals surface area contributed by atoms with Crippen molar-refractivity contribution in [2.45, 2.75) is 32.8 Å². The Morgan fingerprint density at radius 2 is 2.24 bits per heavy atom. The molecule has 1 amide bonds. The van der Waals surface area contributed by atoms with Crippen LogP contribution < -0.4 is 0 Å². The molecule has 0 aromatic carbocycles. The van der Waals surface area contributed by atoms with Crippen LogP contribution in [0.4, 0.5) is 0 Å². The van der Waals surface area contributed by atoms with E-state index in [1.54, 1.807) is 12.4 Å². The molecule has 0 radical (unpaired) electrons. The molecule has 2 aromatic heterocycles. The first-order valence-electron chi connectivity index (χ1n) is 8.67. The molecular formula is C17H22N6O2. The fourth-order valence-corrected chi connectivity index (χ4v) is 3.81. The zero-order chi connectivity index (χ0) is 17.4. The summed E-state index contributed by atoms with van der Waals surface area (Å²) in [5.74, 6) is 2.40. The summed E-state index contributed by atoms with van der Waals surface area (Å²) in [4.78, 5) is 27.3. The number of ether oxygens (including phenoxy) is 1. The summed E-state index contributed by atoms with van der Waals surface area (Å²) in [6, 6.07) is 0. The van der Waals surface area contributed by atoms with Crippen molar-refractivity contribution < 1.29 is 9.53 Å². The first kappa shape index (κ1) is 16.1. The summed E-state index contributed by atoms with van der Waals surface area (Å²) in [5.41, 5.74) is 1.22. The Bertz CT molecular complexity index is 759. The first-order chi connectivity index (χ1) is 12.1. The molecule has 1 N–H and O–H groups in total. The molecule has 2 aromatic rings. The van der Waals surface area contributed by atoms with E-state index in [1.165, 1.54) is 0 Å². The van der Waals surface area contributed by atoms with E-state index in [0.717, 1.165) is 36.7 Å². The minimum Gasteiger partial charge on any atom is -0.377 e. The monoisotopic (exact) mass is 342 g/mol. The van der Waals surface area contributed by atoms with E-state index in [4.69, 9.17) is 4.74 Å². The van der Waals surface area contributed by atoms with E-state index >= 15 is 0 Å². The van der Waals surface area contributed by atoms with Gasteiger partial charge in [0.1, 0.15) is 11.5 Å². The normalized spacial score (nSPS) is 25.8. The van der Waals surface area contributed by atoms with Crippen LogP contribution in [0.2, 0.25) is 0 Å². The lowest BCUT2D eigenvalue weighted by Gasteiger charge is -2.35. The number of amides is 1. The minimum atomic E-state index is -0.0426. The zero-order valence-electron chi connectivity index (χ0n) is 14.5. The molecular weight excluding hydrogens is 320 g/mol. The maximum atomic E-state index is 12.6. The van der Waals surface area contributed by atoms with Gasteiger partial charge in [0.2, 0.25) is 0 Å². The summed E-state index contributed by atoms with van der Waals surface area (Å²) in [7, 11) is 0. The number of aromatic amines is 1. The first-order valence-corrected chi connectivity index (χ1v) is 8.67. The molecule has 2 fully saturated rings. The van der Waals surface area contributed by atoms with Gasteiger partial charge in [-0.3, -0.25) is 14.9 Å². The second-order valence-corrected chi connectivity index (χ2v) is 6.92. The van der Waals surface area contributed by atoms with Crippen molar-refractivity contribution in [3.8, 4) is 0 Å². The van der Waals surface area contributed by atoms with Gasteiger partial charge in [-0.05, 0) is 26.2 Å². The van der Waals surface area contributed by atoms with Gasteiger partial charge in [-0.25, -0.2) is 9.97 Å². The molecule has 4 heterocycles. The van der Waals surface area contributed by atoms with Crippen LogP contribution in [-0.2, 0) is 11.2 Å². The van der Waals surface area contributed by atoms with Crippen LogP contribution in [0.15, 0.2) is 12.4 Å². The van der Waals surface area contributed by atoms with Gasteiger partial charge in [-0.15, -0.1) is 0 Å². The van der Waals surface area contributed by atoms with Crippen molar-refractivity contribution in [1.29, 1.82) is 0 Å². The van der Waals surface area contributed by atoms with Crippen molar-refractivity contribution in [2.75, 3.05) is 19.7 Å². The van der Waals surface area contributed by atoms with Crippen LogP contribution in [0.25, 0.3) is 0 Å². The molecule has 25 heavy (non-hydrogen) atoms. The summed E-state index contributed by atoms with van der Waals surface area (Å²) >= 11 is 0. The number of likely N-dealkylation sites (tertiary alicyclic amines) is 1. The molecule has 2 aliphatic rings. The lowest BCUT2D eigenvalue weighted by molar-refractivity contribution is 0.0604. The molecule has 2 saturated heterocycles. The van der Waals surface area contributed by atoms with Crippen molar-refractivity contribution in [2.24, 2.45) is 11.8 Å². The van der Waals surface area contributed by atoms with Crippen LogP contribution in [-0.4, -0.2) is 61.8 Å². The molecule has 132 valence electrons. The SMILES string of the molecule is Cc1cnc(C(=O)N2CC[C@@H]3[C@@H](CO[C@H]3Cc3n[nH]c(C)n3)C2)cn1. The third kappa shape index (κ3) is 3.26. The fourth-order valence-electron chi connectivity index (χ4n) is 3.81. The Hall–Kier alpha value is -2.35. The van der Waals surface area contributed by atoms with E-state index in [0.29, 0.717) is 30.7 Å². The van der Waals surface area contributed by atoms with Gasteiger partial charge < -0.3 is 9.64 Å². The number of H-pyrrole nitrogens is 1. The molecule has 4 rings (SSSR count). The van der Waals surface area contributed by atoms with Crippen molar-refractivity contribution in [1.82, 2.24) is 30.0 Å². The maximum absolute atomic E-state index is 12.6. The van der Waals surface area contributed by atoms with E-state index in [-0.39, 0.29) is 12.0 Å². The second-order valence-electron chi connectivity index (χ2n) is 6.92. The summed E-state index contributed by atoms with van der Waals surface area (Å²) in [6.07, 6.45) is 4.99. The third-order valence-corrected chi connectivity index (χ3v) is 5.11. The highest BCUT2D eigenvalue weighted by molar-refractivity contribution is 5.92. The van der Waals surface area contributed by atoms with Gasteiger partial charge in [0.05, 0.1) is 24.6 Å². The quantitative estimate of drug-likeness (QED) is 0.891. The molecule has 0 aliphatic carbocycles. The number of carbonyl (C=O) groups is 1. The second kappa shape index (κ2) is 6.51. The topological polar surface area (TPSA) is 96.9 Å². The fraction of sp³-hybridized carbons (Fsp3) is 0.588. The number of aromatic nitrogens is 5. The number of rotatable bonds is 3. The number of hydrogen-bond acceptors (Lipinski definition) is 6. The molecule has 8 nitrogen and oxygen atoms in total. The van der Waals surface area contributed by atoms with Gasteiger partial charge in [0.25, 0.3) is 5.91 Å². The van der Waals surface area contributed by atoms with E-state index in [9.17, 15) is 4.79 Å². The van der Waals surface area contributed by atoms with Crippen LogP contribution in [0, 0.1) is 25.7 Å². The number of nitrogens with one attached hydrogen (secondary N) is 1. The highest BCUT2D eigenvalue weighted by atomic mass is 16.5. The van der Waals surface area contributed by atoms with Crippen molar-refractivity contribution >= 4 is 5.91 Å². The lowest BCUT2D eigenvalue weighted by atomic mass is 9.83. The number of nitrogens with zero attached hydrogens (tertiary/aromatic N) is 5. The molecule has 8 heteroatoms. The van der Waals surface area contributed by atoms with Gasteiger partial charge >= 0.3 is 0 Å². The minimum absolute atomic E-state index is 0.0426. The number of carbonyl (C=O) groups excluding carboxylic acids is 1. The average Bonchev–Trinajstić information content (AvgIpc) is 3.21. The Kier molecular flexibility index (Phi) is 4.20. The smallest absolute Gasteiger partial charge is 0.274 e. The standard InChI is InChI=1S/C17H22N6O2/c1-10-6-19-14(7-18-10)17(24)23-4-3-13-12(8-23)9-25-15(13)5-16-20-11(2)21-22-16/h6-7,12-13,15H,3-5,8-9H2,1-2H3,(H,20,21,22)/t12-,13-,15+/m1/s1. The zero-order valence-corrected chi connectivity index (χ0v) is 14.5. The molecule has 0 saturated carbocycles. The Morgan fingerprint density at radius 3 is 2.96 bits per heavy atom. The summed E-state index contributed by atoms with van der Waals surface area (Å²) in [5, 5.41) is 7.09. The predicted molar refractivity (Wildman–Crippen MR) is 88.8 cm³/mol. The molecule has 0 bridgehead atoms. The van der Waals surface area contributed by atoms with E-state index in [1.807, 2.05) is 18.7 Å². The van der Waals surface area contributed by atoms with Crippen molar-refractivity contribution in [3.63, 3.8) is 0 Å². The highest BCUT2D eigenvalue weighted by Gasteiger charge is 2.42. The molecule has 2 aliphatic heterocycles. The Balaban J connectivity index is 1.39. The van der Waals surface area contributed by atoms with Crippen LogP contribution in [0.5, 0.6) is 0 Å². The Morgan fingerprint density at radius 1 is 1.36 bits per heavy atom. The van der Waals surface area contributed by atoms with Crippen molar-refractivity contribution in [3.05, 3.63) is 35.4 Å². The largest absolute Gasteiger partial charge is 0.377 e. The summed E-state index contributed by atoms with van der Waals surface area (Å²) < 4.78 is 6.00. The van der Waals surface area contributed by atoms with E-state index < -0.39 is 0 Å². The van der Waals surface area contributed by atoms with Gasteiger partial charge in [-0.1, -0.05) is 0 Å². The van der Waals surface area contributed by atoms with Gasteiger partial charge in [0.15, 0.2) is 5.82 Å². The highest BCUT2D eigenvalue weighted by Crippen LogP contribution is 2.35. The predicted octanol–water partition coefficient (Wildman–Crippen LogP) is 0.931. The van der Waals surface area contributed by atoms with Gasteiger partial charge in [0, 0.05) is 31.6 Å². The molecule has 0 unspecified atom stereocenters. The van der Waals surface area contributed by atoms with E-state index in [2.05, 4.69) is 25.1 Å². The number of fused-ring (bicyclic) bond motifs is 1. The van der Waals surface area contributed by atoms with Gasteiger partial charge in [-0.2, -0.15) is 5.10 Å². The molecule has 0 spiro atoms. The summed E-state index contributed by atoms with van der Waals surface area (Å²) in [6.45, 7) is 5.87.